The largest absolute Gasteiger partial charge is 0.461 e. The molecule has 0 unspecified atom stereocenters. The lowest BCUT2D eigenvalue weighted by Crippen LogP contribution is -2.35. The standard InChI is InChI=1S/C16H17NO4S/c1-11-2-7-15(21-11)12-3-5-13(6-4-12)16(18)17-14-8-9-22(19,20)10-14/h2-7,14H,8-10H2,1H3,(H,17,18)/t14-/m1/s1. The first-order valence-electron chi connectivity index (χ1n) is 7.11. The predicted molar refractivity (Wildman–Crippen MR) is 83.4 cm³/mol. The normalized spacial score (nSPS) is 20.0. The summed E-state index contributed by atoms with van der Waals surface area (Å²) in [6.07, 6.45) is 0.484. The molecule has 1 N–H and O–H groups in total. The van der Waals surface area contributed by atoms with E-state index in [9.17, 15) is 13.2 Å². The quantitative estimate of drug-likeness (QED) is 0.940. The van der Waals surface area contributed by atoms with Gasteiger partial charge in [-0.25, -0.2) is 8.42 Å². The number of benzene rings is 1. The number of furan rings is 1. The summed E-state index contributed by atoms with van der Waals surface area (Å²) >= 11 is 0. The number of carbonyl (C=O) groups excluding carboxylic acids is 1. The zero-order valence-electron chi connectivity index (χ0n) is 12.2. The highest BCUT2D eigenvalue weighted by Gasteiger charge is 2.29. The molecule has 1 aliphatic rings. The molecule has 1 aliphatic heterocycles. The highest BCUT2D eigenvalue weighted by Crippen LogP contribution is 2.22. The average Bonchev–Trinajstić information content (AvgIpc) is 3.05. The van der Waals surface area contributed by atoms with Crippen molar-refractivity contribution in [3.05, 3.63) is 47.7 Å². The average molecular weight is 319 g/mol. The van der Waals surface area contributed by atoms with Crippen molar-refractivity contribution in [2.45, 2.75) is 19.4 Å². The molecule has 5 nitrogen and oxygen atoms in total. The van der Waals surface area contributed by atoms with Crippen molar-refractivity contribution in [3.63, 3.8) is 0 Å². The number of hydrogen-bond acceptors (Lipinski definition) is 4. The fraction of sp³-hybridized carbons (Fsp3) is 0.312. The van der Waals surface area contributed by atoms with Crippen LogP contribution in [0, 0.1) is 6.92 Å². The summed E-state index contributed by atoms with van der Waals surface area (Å²) in [5.41, 5.74) is 1.41. The van der Waals surface area contributed by atoms with Crippen LogP contribution in [0.5, 0.6) is 0 Å². The van der Waals surface area contributed by atoms with E-state index in [1.165, 1.54) is 0 Å². The third kappa shape index (κ3) is 3.22. The lowest BCUT2D eigenvalue weighted by atomic mass is 10.1. The highest BCUT2D eigenvalue weighted by molar-refractivity contribution is 7.91. The van der Waals surface area contributed by atoms with Gasteiger partial charge in [0.05, 0.1) is 11.5 Å². The highest BCUT2D eigenvalue weighted by atomic mass is 32.2. The second-order valence-electron chi connectivity index (χ2n) is 5.56. The molecule has 1 aromatic heterocycles. The Hall–Kier alpha value is -2.08. The maximum Gasteiger partial charge on any atom is 0.251 e. The first-order chi connectivity index (χ1) is 10.4. The number of sulfone groups is 1. The van der Waals surface area contributed by atoms with Crippen LogP contribution in [0.15, 0.2) is 40.8 Å². The molecule has 22 heavy (non-hydrogen) atoms. The molecule has 1 atom stereocenters. The summed E-state index contributed by atoms with van der Waals surface area (Å²) in [6.45, 7) is 1.88. The molecule has 1 amide bonds. The molecule has 0 radical (unpaired) electrons. The topological polar surface area (TPSA) is 76.4 Å². The Morgan fingerprint density at radius 3 is 2.45 bits per heavy atom. The van der Waals surface area contributed by atoms with Crippen molar-refractivity contribution in [2.24, 2.45) is 0 Å². The van der Waals surface area contributed by atoms with Gasteiger partial charge >= 0.3 is 0 Å². The molecule has 0 aliphatic carbocycles. The van der Waals surface area contributed by atoms with Crippen LogP contribution in [0.1, 0.15) is 22.5 Å². The van der Waals surface area contributed by atoms with Gasteiger partial charge in [-0.05, 0) is 37.6 Å². The van der Waals surface area contributed by atoms with Crippen molar-refractivity contribution in [1.82, 2.24) is 5.32 Å². The van der Waals surface area contributed by atoms with Crippen molar-refractivity contribution in [3.8, 4) is 11.3 Å². The Labute approximate surface area is 129 Å². The zero-order valence-corrected chi connectivity index (χ0v) is 13.0. The van der Waals surface area contributed by atoms with Gasteiger partial charge in [-0.3, -0.25) is 4.79 Å². The van der Waals surface area contributed by atoms with Gasteiger partial charge in [0, 0.05) is 17.2 Å². The van der Waals surface area contributed by atoms with Crippen molar-refractivity contribution in [1.29, 1.82) is 0 Å². The fourth-order valence-corrected chi connectivity index (χ4v) is 4.23. The van der Waals surface area contributed by atoms with E-state index < -0.39 is 9.84 Å². The monoisotopic (exact) mass is 319 g/mol. The second kappa shape index (κ2) is 5.61. The molecule has 0 spiro atoms. The van der Waals surface area contributed by atoms with Gasteiger partial charge in [0.15, 0.2) is 9.84 Å². The van der Waals surface area contributed by atoms with Crippen LogP contribution in [-0.4, -0.2) is 31.9 Å². The van der Waals surface area contributed by atoms with Gasteiger partial charge in [0.2, 0.25) is 0 Å². The van der Waals surface area contributed by atoms with E-state index in [1.54, 1.807) is 12.1 Å². The third-order valence-electron chi connectivity index (χ3n) is 3.74. The summed E-state index contributed by atoms with van der Waals surface area (Å²) in [5.74, 6) is 1.52. The molecule has 6 heteroatoms. The van der Waals surface area contributed by atoms with Gasteiger partial charge < -0.3 is 9.73 Å². The maximum atomic E-state index is 12.1. The predicted octanol–water partition coefficient (Wildman–Crippen LogP) is 2.17. The second-order valence-corrected chi connectivity index (χ2v) is 7.79. The Bertz CT molecular complexity index is 790. The summed E-state index contributed by atoms with van der Waals surface area (Å²) in [4.78, 5) is 12.1. The number of hydrogen-bond donors (Lipinski definition) is 1. The lowest BCUT2D eigenvalue weighted by molar-refractivity contribution is 0.0941. The Morgan fingerprint density at radius 1 is 1.18 bits per heavy atom. The fourth-order valence-electron chi connectivity index (χ4n) is 2.55. The van der Waals surface area contributed by atoms with E-state index in [4.69, 9.17) is 4.42 Å². The lowest BCUT2D eigenvalue weighted by Gasteiger charge is -2.10. The number of aryl methyl sites for hydroxylation is 1. The molecule has 1 aromatic carbocycles. The van der Waals surface area contributed by atoms with Gasteiger partial charge in [0.25, 0.3) is 5.91 Å². The first kappa shape index (κ1) is 14.8. The number of carbonyl (C=O) groups is 1. The van der Waals surface area contributed by atoms with Crippen LogP contribution in [0.25, 0.3) is 11.3 Å². The number of rotatable bonds is 3. The van der Waals surface area contributed by atoms with E-state index >= 15 is 0 Å². The minimum Gasteiger partial charge on any atom is -0.461 e. The summed E-state index contributed by atoms with van der Waals surface area (Å²) in [5, 5.41) is 2.77. The molecular weight excluding hydrogens is 302 g/mol. The summed E-state index contributed by atoms with van der Waals surface area (Å²) in [6, 6.07) is 10.5. The van der Waals surface area contributed by atoms with E-state index in [-0.39, 0.29) is 23.5 Å². The minimum atomic E-state index is -2.99. The summed E-state index contributed by atoms with van der Waals surface area (Å²) < 4.78 is 28.3. The number of nitrogens with one attached hydrogen (secondary N) is 1. The maximum absolute atomic E-state index is 12.1. The molecule has 116 valence electrons. The van der Waals surface area contributed by atoms with E-state index in [1.807, 2.05) is 31.2 Å². The van der Waals surface area contributed by atoms with Gasteiger partial charge in [-0.15, -0.1) is 0 Å². The SMILES string of the molecule is Cc1ccc(-c2ccc(C(=O)N[C@@H]3CCS(=O)(=O)C3)cc2)o1. The van der Waals surface area contributed by atoms with Crippen molar-refractivity contribution < 1.29 is 17.6 Å². The molecule has 0 saturated carbocycles. The number of amides is 1. The van der Waals surface area contributed by atoms with Gasteiger partial charge in [-0.2, -0.15) is 0 Å². The molecule has 1 fully saturated rings. The van der Waals surface area contributed by atoms with Crippen molar-refractivity contribution in [2.75, 3.05) is 11.5 Å². The van der Waals surface area contributed by atoms with Crippen LogP contribution in [-0.2, 0) is 9.84 Å². The van der Waals surface area contributed by atoms with Crippen LogP contribution >= 0.6 is 0 Å². The molecule has 2 heterocycles. The molecule has 1 saturated heterocycles. The minimum absolute atomic E-state index is 0.0303. The van der Waals surface area contributed by atoms with Gasteiger partial charge in [-0.1, -0.05) is 12.1 Å². The molecular formula is C16H17NO4S. The Balaban J connectivity index is 1.69. The molecule has 2 aromatic rings. The Kier molecular flexibility index (Phi) is 3.78. The van der Waals surface area contributed by atoms with E-state index in [2.05, 4.69) is 5.32 Å². The smallest absolute Gasteiger partial charge is 0.251 e. The first-order valence-corrected chi connectivity index (χ1v) is 8.93. The summed E-state index contributed by atoms with van der Waals surface area (Å²) in [7, 11) is -2.99. The molecule has 0 bridgehead atoms. The van der Waals surface area contributed by atoms with Crippen LogP contribution < -0.4 is 5.32 Å². The molecule has 3 rings (SSSR count). The van der Waals surface area contributed by atoms with Gasteiger partial charge in [0.1, 0.15) is 11.5 Å². The van der Waals surface area contributed by atoms with E-state index in [0.29, 0.717) is 12.0 Å². The Morgan fingerprint density at radius 2 is 1.91 bits per heavy atom. The van der Waals surface area contributed by atoms with Crippen LogP contribution in [0.4, 0.5) is 0 Å². The third-order valence-corrected chi connectivity index (χ3v) is 5.51. The van der Waals surface area contributed by atoms with E-state index in [0.717, 1.165) is 17.1 Å². The van der Waals surface area contributed by atoms with Crippen LogP contribution in [0.2, 0.25) is 0 Å². The van der Waals surface area contributed by atoms with Crippen LogP contribution in [0.3, 0.4) is 0 Å². The zero-order chi connectivity index (χ0) is 15.7. The van der Waals surface area contributed by atoms with Crippen molar-refractivity contribution >= 4 is 15.7 Å².